The highest BCUT2D eigenvalue weighted by Crippen LogP contribution is 2.23. The Morgan fingerprint density at radius 3 is 3.00 bits per heavy atom. The van der Waals surface area contributed by atoms with Crippen molar-refractivity contribution in [2.45, 2.75) is 0 Å². The van der Waals surface area contributed by atoms with Gasteiger partial charge in [0.25, 0.3) is 0 Å². The molecular formula is C12H9N3O2. The van der Waals surface area contributed by atoms with Crippen molar-refractivity contribution < 1.29 is 9.84 Å². The van der Waals surface area contributed by atoms with E-state index in [1.807, 2.05) is 0 Å². The predicted molar refractivity (Wildman–Crippen MR) is 61.2 cm³/mol. The normalized spacial score (nSPS) is 10.6. The summed E-state index contributed by atoms with van der Waals surface area (Å²) < 4.78 is 7.17. The quantitative estimate of drug-likeness (QED) is 0.729. The average Bonchev–Trinajstić information content (AvgIpc) is 2.76. The molecule has 0 aliphatic heterocycles. The first-order valence-corrected chi connectivity index (χ1v) is 5.08. The van der Waals surface area contributed by atoms with E-state index >= 15 is 0 Å². The van der Waals surface area contributed by atoms with Gasteiger partial charge in [-0.1, -0.05) is 6.07 Å². The van der Waals surface area contributed by atoms with Crippen LogP contribution in [0.2, 0.25) is 0 Å². The number of ether oxygens (including phenoxy) is 1. The van der Waals surface area contributed by atoms with Crippen molar-refractivity contribution in [1.82, 2.24) is 14.6 Å². The molecule has 5 nitrogen and oxygen atoms in total. The van der Waals surface area contributed by atoms with Crippen LogP contribution < -0.4 is 4.74 Å². The Balaban J connectivity index is 1.94. The topological polar surface area (TPSA) is 59.7 Å². The van der Waals surface area contributed by atoms with E-state index in [0.29, 0.717) is 17.3 Å². The third kappa shape index (κ3) is 1.90. The van der Waals surface area contributed by atoms with Crippen LogP contribution >= 0.6 is 0 Å². The first-order valence-electron chi connectivity index (χ1n) is 5.08. The molecule has 0 saturated heterocycles. The second-order valence-corrected chi connectivity index (χ2v) is 3.50. The van der Waals surface area contributed by atoms with Crippen LogP contribution in [0.3, 0.4) is 0 Å². The van der Waals surface area contributed by atoms with Gasteiger partial charge in [0, 0.05) is 24.4 Å². The maximum absolute atomic E-state index is 9.32. The lowest BCUT2D eigenvalue weighted by molar-refractivity contribution is 0.445. The highest BCUT2D eigenvalue weighted by Gasteiger charge is 2.01. The fourth-order valence-electron chi connectivity index (χ4n) is 1.52. The maximum atomic E-state index is 9.32. The van der Waals surface area contributed by atoms with Gasteiger partial charge in [0.1, 0.15) is 11.5 Å². The number of nitrogens with zero attached hydrogens (tertiary/aromatic N) is 3. The molecule has 0 saturated carbocycles. The summed E-state index contributed by atoms with van der Waals surface area (Å²) in [5.74, 6) is 1.16. The van der Waals surface area contributed by atoms with Gasteiger partial charge in [-0.3, -0.25) is 0 Å². The van der Waals surface area contributed by atoms with Crippen LogP contribution in [-0.4, -0.2) is 19.7 Å². The molecule has 3 rings (SSSR count). The highest BCUT2D eigenvalue weighted by atomic mass is 16.5. The molecule has 0 aliphatic carbocycles. The van der Waals surface area contributed by atoms with Crippen LogP contribution in [0, 0.1) is 0 Å². The predicted octanol–water partition coefficient (Wildman–Crippen LogP) is 2.23. The number of hydrogen-bond donors (Lipinski definition) is 1. The summed E-state index contributed by atoms with van der Waals surface area (Å²) in [6.07, 6.45) is 3.43. The number of benzene rings is 1. The van der Waals surface area contributed by atoms with Crippen LogP contribution in [0.15, 0.2) is 48.8 Å². The van der Waals surface area contributed by atoms with Crippen LogP contribution in [0.4, 0.5) is 0 Å². The lowest BCUT2D eigenvalue weighted by atomic mass is 10.3. The molecule has 3 aromatic rings. The van der Waals surface area contributed by atoms with E-state index in [2.05, 4.69) is 10.1 Å². The van der Waals surface area contributed by atoms with Gasteiger partial charge in [-0.15, -0.1) is 0 Å². The van der Waals surface area contributed by atoms with E-state index in [4.69, 9.17) is 4.74 Å². The van der Waals surface area contributed by atoms with Crippen LogP contribution in [0.1, 0.15) is 0 Å². The van der Waals surface area contributed by atoms with E-state index < -0.39 is 0 Å². The summed E-state index contributed by atoms with van der Waals surface area (Å²) in [7, 11) is 0. The Hall–Kier alpha value is -2.56. The minimum atomic E-state index is 0.160. The lowest BCUT2D eigenvalue weighted by Gasteiger charge is -2.04. The number of fused-ring (bicyclic) bond motifs is 1. The zero-order valence-electron chi connectivity index (χ0n) is 8.82. The second-order valence-electron chi connectivity index (χ2n) is 3.50. The minimum Gasteiger partial charge on any atom is -0.508 e. The molecule has 1 N–H and O–H groups in total. The van der Waals surface area contributed by atoms with E-state index in [0.717, 1.165) is 0 Å². The SMILES string of the molecule is Oc1cccc(Oc2ccn3nccc3n2)c1. The number of phenols is 1. The molecule has 0 bridgehead atoms. The third-order valence-electron chi connectivity index (χ3n) is 2.27. The molecule has 5 heteroatoms. The van der Waals surface area contributed by atoms with Gasteiger partial charge >= 0.3 is 0 Å². The average molecular weight is 227 g/mol. The summed E-state index contributed by atoms with van der Waals surface area (Å²) in [4.78, 5) is 4.26. The monoisotopic (exact) mass is 227 g/mol. The van der Waals surface area contributed by atoms with Crippen LogP contribution in [0.25, 0.3) is 5.65 Å². The van der Waals surface area contributed by atoms with Gasteiger partial charge in [-0.2, -0.15) is 10.1 Å². The standard InChI is InChI=1S/C12H9N3O2/c16-9-2-1-3-10(8-9)17-12-5-7-15-11(14-12)4-6-13-15/h1-8,16H. The van der Waals surface area contributed by atoms with Gasteiger partial charge < -0.3 is 9.84 Å². The number of aromatic hydroxyl groups is 1. The molecule has 0 atom stereocenters. The Morgan fingerprint density at radius 2 is 2.12 bits per heavy atom. The van der Waals surface area contributed by atoms with Crippen LogP contribution in [0.5, 0.6) is 17.4 Å². The molecule has 0 aliphatic rings. The molecule has 17 heavy (non-hydrogen) atoms. The molecule has 0 radical (unpaired) electrons. The summed E-state index contributed by atoms with van der Waals surface area (Å²) in [5.41, 5.74) is 0.711. The zero-order chi connectivity index (χ0) is 11.7. The minimum absolute atomic E-state index is 0.160. The summed E-state index contributed by atoms with van der Waals surface area (Å²) in [6, 6.07) is 10.1. The van der Waals surface area contributed by atoms with Crippen molar-refractivity contribution in [2.24, 2.45) is 0 Å². The molecule has 2 aromatic heterocycles. The highest BCUT2D eigenvalue weighted by molar-refractivity contribution is 5.40. The van der Waals surface area contributed by atoms with Crippen molar-refractivity contribution in [3.8, 4) is 17.4 Å². The van der Waals surface area contributed by atoms with Crippen molar-refractivity contribution >= 4 is 5.65 Å². The first kappa shape index (κ1) is 9.65. The lowest BCUT2D eigenvalue weighted by Crippen LogP contribution is -1.92. The Bertz CT molecular complexity index is 663. The Morgan fingerprint density at radius 1 is 1.18 bits per heavy atom. The van der Waals surface area contributed by atoms with Gasteiger partial charge in [0.05, 0.1) is 6.20 Å². The molecule has 0 unspecified atom stereocenters. The number of aromatic nitrogens is 3. The van der Waals surface area contributed by atoms with Crippen molar-refractivity contribution in [3.63, 3.8) is 0 Å². The van der Waals surface area contributed by atoms with Crippen molar-refractivity contribution in [2.75, 3.05) is 0 Å². The van der Waals surface area contributed by atoms with Crippen molar-refractivity contribution in [1.29, 1.82) is 0 Å². The van der Waals surface area contributed by atoms with E-state index in [1.54, 1.807) is 47.2 Å². The molecule has 0 amide bonds. The van der Waals surface area contributed by atoms with E-state index in [1.165, 1.54) is 6.07 Å². The fourth-order valence-corrected chi connectivity index (χ4v) is 1.52. The second kappa shape index (κ2) is 3.79. The van der Waals surface area contributed by atoms with Gasteiger partial charge in [0.2, 0.25) is 5.88 Å². The molecule has 0 fully saturated rings. The number of rotatable bonds is 2. The van der Waals surface area contributed by atoms with E-state index in [9.17, 15) is 5.11 Å². The van der Waals surface area contributed by atoms with Gasteiger partial charge in [-0.05, 0) is 12.1 Å². The third-order valence-corrected chi connectivity index (χ3v) is 2.27. The fraction of sp³-hybridized carbons (Fsp3) is 0. The van der Waals surface area contributed by atoms with Gasteiger partial charge in [-0.25, -0.2) is 4.52 Å². The van der Waals surface area contributed by atoms with Crippen molar-refractivity contribution in [3.05, 3.63) is 48.8 Å². The largest absolute Gasteiger partial charge is 0.508 e. The molecule has 0 spiro atoms. The maximum Gasteiger partial charge on any atom is 0.222 e. The smallest absolute Gasteiger partial charge is 0.222 e. The zero-order valence-corrected chi connectivity index (χ0v) is 8.82. The number of hydrogen-bond acceptors (Lipinski definition) is 4. The van der Waals surface area contributed by atoms with E-state index in [-0.39, 0.29) is 5.75 Å². The van der Waals surface area contributed by atoms with Crippen LogP contribution in [-0.2, 0) is 0 Å². The summed E-state index contributed by atoms with van der Waals surface area (Å²) in [5, 5.41) is 13.4. The first-order chi connectivity index (χ1) is 8.31. The Kier molecular flexibility index (Phi) is 2.15. The summed E-state index contributed by atoms with van der Waals surface area (Å²) in [6.45, 7) is 0. The molecule has 2 heterocycles. The number of phenolic OH excluding ortho intramolecular Hbond substituents is 1. The summed E-state index contributed by atoms with van der Waals surface area (Å²) >= 11 is 0. The molecular weight excluding hydrogens is 218 g/mol. The Labute approximate surface area is 96.9 Å². The van der Waals surface area contributed by atoms with Gasteiger partial charge in [0.15, 0.2) is 5.65 Å². The molecule has 84 valence electrons. The molecule has 1 aromatic carbocycles.